The maximum absolute atomic E-state index is 13.0. The van der Waals surface area contributed by atoms with E-state index in [2.05, 4.69) is 10.6 Å². The minimum Gasteiger partial charge on any atom is -0.449 e. The number of imide groups is 1. The van der Waals surface area contributed by atoms with Crippen molar-refractivity contribution in [3.05, 3.63) is 59.7 Å². The first-order chi connectivity index (χ1) is 16.1. The van der Waals surface area contributed by atoms with Crippen LogP contribution in [0.15, 0.2) is 48.5 Å². The highest BCUT2D eigenvalue weighted by molar-refractivity contribution is 8.14. The number of carbonyl (C=O) groups is 4. The summed E-state index contributed by atoms with van der Waals surface area (Å²) in [4.78, 5) is 49.0. The smallest absolute Gasteiger partial charge is 0.416 e. The third kappa shape index (κ3) is 6.28. The molecule has 0 saturated carbocycles. The summed E-state index contributed by atoms with van der Waals surface area (Å²) in [5, 5.41) is 4.87. The number of rotatable bonds is 8. The van der Waals surface area contributed by atoms with E-state index in [4.69, 9.17) is 4.74 Å². The Morgan fingerprint density at radius 1 is 1.15 bits per heavy atom. The summed E-state index contributed by atoms with van der Waals surface area (Å²) in [5.41, 5.74) is -0.517. The minimum absolute atomic E-state index is 0.000810. The van der Waals surface area contributed by atoms with E-state index in [9.17, 15) is 32.3 Å². The Balaban J connectivity index is 1.60. The van der Waals surface area contributed by atoms with Gasteiger partial charge in [0, 0.05) is 18.8 Å². The van der Waals surface area contributed by atoms with Gasteiger partial charge in [-0.15, -0.1) is 0 Å². The quantitative estimate of drug-likeness (QED) is 0.537. The molecule has 0 bridgehead atoms. The average Bonchev–Trinajstić information content (AvgIpc) is 3.11. The molecule has 1 saturated heterocycles. The van der Waals surface area contributed by atoms with Crippen LogP contribution in [0, 0.1) is 0 Å². The lowest BCUT2D eigenvalue weighted by Gasteiger charge is -2.17. The summed E-state index contributed by atoms with van der Waals surface area (Å²) in [5.74, 6) is -1.77. The summed E-state index contributed by atoms with van der Waals surface area (Å²) < 4.78 is 44.1. The fraction of sp³-hybridized carbons (Fsp3) is 0.273. The predicted molar refractivity (Wildman–Crippen MR) is 119 cm³/mol. The number of carbonyl (C=O) groups excluding carboxylic acids is 4. The van der Waals surface area contributed by atoms with Crippen molar-refractivity contribution >= 4 is 46.2 Å². The van der Waals surface area contributed by atoms with Gasteiger partial charge in [0.25, 0.3) is 11.1 Å². The molecule has 2 aromatic carbocycles. The molecule has 1 aliphatic rings. The maximum Gasteiger partial charge on any atom is 0.416 e. The van der Waals surface area contributed by atoms with Crippen LogP contribution in [0.1, 0.15) is 22.8 Å². The minimum atomic E-state index is -4.52. The lowest BCUT2D eigenvalue weighted by Crippen LogP contribution is -2.41. The highest BCUT2D eigenvalue weighted by Gasteiger charge is 2.31. The van der Waals surface area contributed by atoms with Gasteiger partial charge in [-0.05, 0) is 37.3 Å². The van der Waals surface area contributed by atoms with Gasteiger partial charge in [0.05, 0.1) is 22.6 Å². The van der Waals surface area contributed by atoms with E-state index < -0.39 is 29.7 Å². The van der Waals surface area contributed by atoms with E-state index >= 15 is 0 Å². The van der Waals surface area contributed by atoms with E-state index in [0.29, 0.717) is 0 Å². The van der Waals surface area contributed by atoms with Crippen LogP contribution in [-0.2, 0) is 20.5 Å². The number of para-hydroxylation sites is 1. The second kappa shape index (κ2) is 10.6. The molecular formula is C22H20F3N3O5S. The van der Waals surface area contributed by atoms with Crippen molar-refractivity contribution in [1.29, 1.82) is 0 Å². The van der Waals surface area contributed by atoms with Crippen LogP contribution in [0.5, 0.6) is 0 Å². The molecule has 0 aromatic heterocycles. The number of amides is 3. The molecule has 12 heteroatoms. The van der Waals surface area contributed by atoms with Crippen molar-refractivity contribution in [2.45, 2.75) is 19.2 Å². The Hall–Kier alpha value is -3.54. The monoisotopic (exact) mass is 495 g/mol. The van der Waals surface area contributed by atoms with Gasteiger partial charge in [-0.25, -0.2) is 4.79 Å². The van der Waals surface area contributed by atoms with Crippen molar-refractivity contribution < 1.29 is 37.1 Å². The van der Waals surface area contributed by atoms with Crippen molar-refractivity contribution in [3.8, 4) is 0 Å². The van der Waals surface area contributed by atoms with Crippen LogP contribution in [-0.4, -0.2) is 52.9 Å². The zero-order valence-corrected chi connectivity index (χ0v) is 18.7. The number of thioether (sulfide) groups is 1. The topological polar surface area (TPSA) is 105 Å². The number of anilines is 2. The number of nitrogens with zero attached hydrogens (tertiary/aromatic N) is 1. The van der Waals surface area contributed by atoms with Crippen LogP contribution in [0.2, 0.25) is 0 Å². The maximum atomic E-state index is 13.0. The fourth-order valence-electron chi connectivity index (χ4n) is 3.01. The van der Waals surface area contributed by atoms with Crippen LogP contribution >= 0.6 is 11.8 Å². The Morgan fingerprint density at radius 2 is 1.88 bits per heavy atom. The molecule has 1 fully saturated rings. The Labute approximate surface area is 196 Å². The molecule has 2 aromatic rings. The van der Waals surface area contributed by atoms with Gasteiger partial charge in [0.1, 0.15) is 0 Å². The molecule has 1 heterocycles. The molecule has 3 amide bonds. The largest absolute Gasteiger partial charge is 0.449 e. The first-order valence-corrected chi connectivity index (χ1v) is 11.0. The number of alkyl halides is 3. The van der Waals surface area contributed by atoms with Gasteiger partial charge in [-0.3, -0.25) is 19.3 Å². The third-order valence-electron chi connectivity index (χ3n) is 4.74. The van der Waals surface area contributed by atoms with Gasteiger partial charge in [-0.1, -0.05) is 30.0 Å². The number of ether oxygens (including phenoxy) is 1. The highest BCUT2D eigenvalue weighted by atomic mass is 32.2. The van der Waals surface area contributed by atoms with Crippen molar-refractivity contribution in [3.63, 3.8) is 0 Å². The van der Waals surface area contributed by atoms with Crippen LogP contribution in [0.4, 0.5) is 29.3 Å². The zero-order chi connectivity index (χ0) is 24.9. The Morgan fingerprint density at radius 3 is 2.56 bits per heavy atom. The van der Waals surface area contributed by atoms with Crippen molar-refractivity contribution in [2.24, 2.45) is 0 Å². The molecule has 1 unspecified atom stereocenters. The summed E-state index contributed by atoms with van der Waals surface area (Å²) >= 11 is 0.882. The average molecular weight is 495 g/mol. The number of esters is 1. The molecule has 2 N–H and O–H groups in total. The lowest BCUT2D eigenvalue weighted by atomic mass is 10.1. The Bertz CT molecular complexity index is 1090. The van der Waals surface area contributed by atoms with Gasteiger partial charge in [-0.2, -0.15) is 13.2 Å². The van der Waals surface area contributed by atoms with E-state index in [-0.39, 0.29) is 46.9 Å². The molecule has 0 spiro atoms. The van der Waals surface area contributed by atoms with Gasteiger partial charge in [0.2, 0.25) is 5.91 Å². The van der Waals surface area contributed by atoms with Crippen LogP contribution in [0.3, 0.4) is 0 Å². The molecule has 3 rings (SSSR count). The second-order valence-corrected chi connectivity index (χ2v) is 8.11. The predicted octanol–water partition coefficient (Wildman–Crippen LogP) is 3.81. The number of hydrogen-bond donors (Lipinski definition) is 2. The summed E-state index contributed by atoms with van der Waals surface area (Å²) in [6.45, 7) is 1.34. The van der Waals surface area contributed by atoms with Gasteiger partial charge >= 0.3 is 12.1 Å². The molecule has 180 valence electrons. The van der Waals surface area contributed by atoms with E-state index in [0.717, 1.165) is 28.8 Å². The van der Waals surface area contributed by atoms with Crippen molar-refractivity contribution in [1.82, 2.24) is 10.2 Å². The highest BCUT2D eigenvalue weighted by Crippen LogP contribution is 2.32. The molecule has 1 aliphatic heterocycles. The first-order valence-electron chi connectivity index (χ1n) is 10.1. The van der Waals surface area contributed by atoms with Crippen LogP contribution < -0.4 is 10.6 Å². The lowest BCUT2D eigenvalue weighted by molar-refractivity contribution is -0.137. The normalized spacial score (nSPS) is 14.6. The SMILES string of the molecule is CC(OC(=O)c1ccccc1Nc1cccc(C(F)(F)F)c1)C(=O)NCCN1C(=O)CSC1=O. The standard InChI is InChI=1S/C22H20F3N3O5S/c1-13(19(30)26-9-10-28-18(29)12-34-21(28)32)33-20(31)16-7-2-3-8-17(16)27-15-6-4-5-14(11-15)22(23,24)25/h2-8,11,13,27H,9-10,12H2,1H3,(H,26,30). The molecular weight excluding hydrogens is 475 g/mol. The van der Waals surface area contributed by atoms with Crippen LogP contribution in [0.25, 0.3) is 0 Å². The van der Waals surface area contributed by atoms with E-state index in [1.165, 1.54) is 31.2 Å². The van der Waals surface area contributed by atoms with Gasteiger partial charge < -0.3 is 15.4 Å². The molecule has 0 aliphatic carbocycles. The number of halogens is 3. The zero-order valence-electron chi connectivity index (χ0n) is 17.8. The van der Waals surface area contributed by atoms with Crippen molar-refractivity contribution in [2.75, 3.05) is 24.2 Å². The number of hydrogen-bond acceptors (Lipinski definition) is 7. The first kappa shape index (κ1) is 25.1. The molecule has 1 atom stereocenters. The third-order valence-corrected chi connectivity index (χ3v) is 5.60. The summed E-state index contributed by atoms with van der Waals surface area (Å²) in [6.07, 6.45) is -5.72. The molecule has 0 radical (unpaired) electrons. The second-order valence-electron chi connectivity index (χ2n) is 7.19. The summed E-state index contributed by atoms with van der Waals surface area (Å²) in [7, 11) is 0. The molecule has 34 heavy (non-hydrogen) atoms. The van der Waals surface area contributed by atoms with Gasteiger partial charge in [0.15, 0.2) is 6.10 Å². The Kier molecular flexibility index (Phi) is 7.82. The summed E-state index contributed by atoms with van der Waals surface area (Å²) in [6, 6.07) is 10.5. The van der Waals surface area contributed by atoms with E-state index in [1.807, 2.05) is 0 Å². The number of benzene rings is 2. The number of nitrogens with one attached hydrogen (secondary N) is 2. The molecule has 8 nitrogen and oxygen atoms in total. The fourth-order valence-corrected chi connectivity index (χ4v) is 3.76. The van der Waals surface area contributed by atoms with E-state index in [1.54, 1.807) is 12.1 Å².